The number of primary amides is 1. The fourth-order valence-electron chi connectivity index (χ4n) is 2.55. The fourth-order valence-corrected chi connectivity index (χ4v) is 2.55. The number of furan rings is 2. The van der Waals surface area contributed by atoms with Crippen molar-refractivity contribution < 1.29 is 13.6 Å². The maximum Gasteiger partial charge on any atom is 0.284 e. The monoisotopic (exact) mass is 468 g/mol. The average Bonchev–Trinajstić information content (AvgIpc) is 3.21. The normalized spacial score (nSPS) is 11.2. The molecule has 1 aromatic carbocycles. The first-order valence-corrected chi connectivity index (χ1v) is 7.88. The molecule has 0 saturated heterocycles. The second-order valence-electron chi connectivity index (χ2n) is 5.56. The molecule has 7 nitrogen and oxygen atoms in total. The molecule has 2 heterocycles. The molecule has 2 aromatic heterocycles. The first kappa shape index (κ1) is 19.8. The molecular weight excluding hydrogens is 447 g/mol. The summed E-state index contributed by atoms with van der Waals surface area (Å²) in [5.74, 6) is 1.60. The summed E-state index contributed by atoms with van der Waals surface area (Å²) >= 11 is 0. The van der Waals surface area contributed by atoms with E-state index in [1.165, 1.54) is 0 Å². The quantitative estimate of drug-likeness (QED) is 0.304. The molecule has 0 radical (unpaired) electrons. The van der Waals surface area contributed by atoms with Gasteiger partial charge in [-0.3, -0.25) is 9.79 Å². The van der Waals surface area contributed by atoms with Gasteiger partial charge in [-0.2, -0.15) is 0 Å². The van der Waals surface area contributed by atoms with E-state index in [4.69, 9.17) is 14.6 Å². The van der Waals surface area contributed by atoms with E-state index in [9.17, 15) is 4.79 Å². The van der Waals surface area contributed by atoms with E-state index in [0.717, 1.165) is 22.3 Å². The number of aryl methyl sites for hydroxylation is 1. The van der Waals surface area contributed by atoms with Crippen LogP contribution in [0.25, 0.3) is 11.0 Å². The lowest BCUT2D eigenvalue weighted by Gasteiger charge is -2.10. The van der Waals surface area contributed by atoms with Crippen molar-refractivity contribution in [2.45, 2.75) is 20.0 Å². The molecule has 3 rings (SSSR count). The molecular formula is C18H21IN4O3. The minimum absolute atomic E-state index is 0. The molecule has 0 fully saturated rings. The van der Waals surface area contributed by atoms with Crippen LogP contribution >= 0.6 is 24.0 Å². The van der Waals surface area contributed by atoms with Gasteiger partial charge in [0.05, 0.1) is 13.1 Å². The summed E-state index contributed by atoms with van der Waals surface area (Å²) in [5, 5.41) is 7.42. The van der Waals surface area contributed by atoms with Gasteiger partial charge < -0.3 is 25.2 Å². The molecule has 0 aliphatic carbocycles. The minimum Gasteiger partial charge on any atom is -0.459 e. The smallest absolute Gasteiger partial charge is 0.284 e. The zero-order chi connectivity index (χ0) is 17.8. The molecule has 0 saturated carbocycles. The number of nitrogens with one attached hydrogen (secondary N) is 2. The van der Waals surface area contributed by atoms with Crippen LogP contribution in [0.15, 0.2) is 50.2 Å². The first-order valence-electron chi connectivity index (χ1n) is 7.88. The standard InChI is InChI=1S/C18H20N4O3.HI/c1-11-13-5-3-4-6-14(13)25-16(11)10-22-18(20-2)21-9-12-7-8-15(24-12)17(19)23;/h3-8H,9-10H2,1-2H3,(H2,19,23)(H2,20,21,22);1H. The number of benzene rings is 1. The van der Waals surface area contributed by atoms with Crippen molar-refractivity contribution in [3.05, 3.63) is 59.2 Å². The third-order valence-corrected chi connectivity index (χ3v) is 3.92. The van der Waals surface area contributed by atoms with Gasteiger partial charge in [0.25, 0.3) is 5.91 Å². The van der Waals surface area contributed by atoms with E-state index in [0.29, 0.717) is 24.8 Å². The van der Waals surface area contributed by atoms with E-state index >= 15 is 0 Å². The van der Waals surface area contributed by atoms with E-state index in [1.54, 1.807) is 19.2 Å². The van der Waals surface area contributed by atoms with E-state index < -0.39 is 5.91 Å². The highest BCUT2D eigenvalue weighted by Gasteiger charge is 2.11. The van der Waals surface area contributed by atoms with Crippen molar-refractivity contribution in [1.29, 1.82) is 0 Å². The molecule has 26 heavy (non-hydrogen) atoms. The summed E-state index contributed by atoms with van der Waals surface area (Å²) in [6, 6.07) is 11.2. The molecule has 0 aliphatic heterocycles. The van der Waals surface area contributed by atoms with Crippen LogP contribution in [-0.2, 0) is 13.1 Å². The average molecular weight is 468 g/mol. The number of amides is 1. The second-order valence-corrected chi connectivity index (χ2v) is 5.56. The molecule has 0 atom stereocenters. The van der Waals surface area contributed by atoms with Crippen LogP contribution in [0.5, 0.6) is 0 Å². The highest BCUT2D eigenvalue weighted by molar-refractivity contribution is 14.0. The van der Waals surface area contributed by atoms with Crippen molar-refractivity contribution in [3.8, 4) is 0 Å². The molecule has 0 bridgehead atoms. The SMILES string of the molecule is CN=C(NCc1ccc(C(N)=O)o1)NCc1oc2ccccc2c1C.I. The molecule has 8 heteroatoms. The molecule has 4 N–H and O–H groups in total. The van der Waals surface area contributed by atoms with Gasteiger partial charge in [0.15, 0.2) is 11.7 Å². The van der Waals surface area contributed by atoms with Crippen molar-refractivity contribution in [3.63, 3.8) is 0 Å². The Kier molecular flexibility index (Phi) is 6.67. The van der Waals surface area contributed by atoms with Crippen LogP contribution < -0.4 is 16.4 Å². The van der Waals surface area contributed by atoms with Crippen LogP contribution in [0.3, 0.4) is 0 Å². The van der Waals surface area contributed by atoms with Gasteiger partial charge in [0, 0.05) is 18.0 Å². The Morgan fingerprint density at radius 2 is 1.85 bits per heavy atom. The van der Waals surface area contributed by atoms with Crippen molar-refractivity contribution in [2.75, 3.05) is 7.05 Å². The van der Waals surface area contributed by atoms with Crippen LogP contribution in [0.1, 0.15) is 27.6 Å². The maximum absolute atomic E-state index is 11.0. The van der Waals surface area contributed by atoms with Crippen LogP contribution in [0.4, 0.5) is 0 Å². The molecule has 138 valence electrons. The number of nitrogens with zero attached hydrogens (tertiary/aromatic N) is 1. The number of hydrogen-bond acceptors (Lipinski definition) is 4. The second kappa shape index (κ2) is 8.75. The Balaban J connectivity index is 0.00000243. The van der Waals surface area contributed by atoms with Crippen molar-refractivity contribution in [2.24, 2.45) is 10.7 Å². The largest absolute Gasteiger partial charge is 0.459 e. The van der Waals surface area contributed by atoms with Gasteiger partial charge in [-0.05, 0) is 25.1 Å². The maximum atomic E-state index is 11.0. The van der Waals surface area contributed by atoms with Gasteiger partial charge in [0.1, 0.15) is 17.1 Å². The van der Waals surface area contributed by atoms with Gasteiger partial charge in [-0.15, -0.1) is 24.0 Å². The summed E-state index contributed by atoms with van der Waals surface area (Å²) in [6.07, 6.45) is 0. The summed E-state index contributed by atoms with van der Waals surface area (Å²) in [7, 11) is 1.68. The number of carbonyl (C=O) groups excluding carboxylic acids is 1. The molecule has 0 aliphatic rings. The Morgan fingerprint density at radius 1 is 1.12 bits per heavy atom. The summed E-state index contributed by atoms with van der Waals surface area (Å²) in [4.78, 5) is 15.2. The number of aliphatic imine (C=N–C) groups is 1. The zero-order valence-corrected chi connectivity index (χ0v) is 16.9. The number of nitrogens with two attached hydrogens (primary N) is 1. The van der Waals surface area contributed by atoms with Gasteiger partial charge in [-0.1, -0.05) is 18.2 Å². The molecule has 0 unspecified atom stereocenters. The molecule has 0 spiro atoms. The Bertz CT molecular complexity index is 930. The van der Waals surface area contributed by atoms with Crippen molar-refractivity contribution >= 4 is 46.8 Å². The van der Waals surface area contributed by atoms with E-state index in [2.05, 4.69) is 15.6 Å². The lowest BCUT2D eigenvalue weighted by Crippen LogP contribution is -2.36. The molecule has 3 aromatic rings. The summed E-state index contributed by atoms with van der Waals surface area (Å²) in [5.41, 5.74) is 7.14. The Morgan fingerprint density at radius 3 is 2.50 bits per heavy atom. The van der Waals surface area contributed by atoms with E-state index in [1.807, 2.05) is 31.2 Å². The number of para-hydroxylation sites is 1. The number of rotatable bonds is 5. The van der Waals surface area contributed by atoms with Gasteiger partial charge >= 0.3 is 0 Å². The fraction of sp³-hybridized carbons (Fsp3) is 0.222. The van der Waals surface area contributed by atoms with Crippen LogP contribution in [-0.4, -0.2) is 18.9 Å². The minimum atomic E-state index is -0.589. The number of hydrogen-bond donors (Lipinski definition) is 3. The first-order chi connectivity index (χ1) is 12.1. The highest BCUT2D eigenvalue weighted by Crippen LogP contribution is 2.24. The predicted molar refractivity (Wildman–Crippen MR) is 111 cm³/mol. The number of carbonyl (C=O) groups is 1. The summed E-state index contributed by atoms with van der Waals surface area (Å²) < 4.78 is 11.2. The van der Waals surface area contributed by atoms with Gasteiger partial charge in [0.2, 0.25) is 0 Å². The van der Waals surface area contributed by atoms with Crippen LogP contribution in [0, 0.1) is 6.92 Å². The third-order valence-electron chi connectivity index (χ3n) is 3.92. The predicted octanol–water partition coefficient (Wildman–Crippen LogP) is 2.92. The third kappa shape index (κ3) is 4.37. The summed E-state index contributed by atoms with van der Waals surface area (Å²) in [6.45, 7) is 2.92. The van der Waals surface area contributed by atoms with E-state index in [-0.39, 0.29) is 29.7 Å². The Hall–Kier alpha value is -2.49. The van der Waals surface area contributed by atoms with Crippen molar-refractivity contribution in [1.82, 2.24) is 10.6 Å². The Labute approximate surface area is 168 Å². The number of guanidine groups is 1. The topological polar surface area (TPSA) is 106 Å². The zero-order valence-electron chi connectivity index (χ0n) is 14.5. The molecule has 1 amide bonds. The lowest BCUT2D eigenvalue weighted by molar-refractivity contribution is 0.0972. The number of halogens is 1. The highest BCUT2D eigenvalue weighted by atomic mass is 127. The lowest BCUT2D eigenvalue weighted by atomic mass is 10.1. The van der Waals surface area contributed by atoms with Crippen LogP contribution in [0.2, 0.25) is 0 Å². The number of fused-ring (bicyclic) bond motifs is 1. The van der Waals surface area contributed by atoms with Gasteiger partial charge in [-0.25, -0.2) is 0 Å².